The number of hydrogen-bond acceptors (Lipinski definition) is 3. The van der Waals surface area contributed by atoms with Gasteiger partial charge in [0.05, 0.1) is 18.2 Å². The molecule has 0 fully saturated rings. The molecule has 0 aliphatic carbocycles. The summed E-state index contributed by atoms with van der Waals surface area (Å²) in [5.41, 5.74) is 0.717. The number of ether oxygens (including phenoxy) is 1. The van der Waals surface area contributed by atoms with Gasteiger partial charge in [0, 0.05) is 5.88 Å². The van der Waals surface area contributed by atoms with Crippen LogP contribution >= 0.6 is 34.2 Å². The van der Waals surface area contributed by atoms with Crippen molar-refractivity contribution in [2.75, 3.05) is 0 Å². The second-order valence-electron chi connectivity index (χ2n) is 2.90. The number of nitriles is 1. The van der Waals surface area contributed by atoms with Crippen molar-refractivity contribution in [3.8, 4) is 11.8 Å². The van der Waals surface area contributed by atoms with E-state index in [-0.39, 0.29) is 16.0 Å². The van der Waals surface area contributed by atoms with Crippen molar-refractivity contribution in [2.45, 2.75) is 18.7 Å². The Morgan fingerprint density at radius 2 is 2.18 bits per heavy atom. The molecule has 0 radical (unpaired) electrons. The summed E-state index contributed by atoms with van der Waals surface area (Å²) < 4.78 is 40.0. The Morgan fingerprint density at radius 1 is 1.53 bits per heavy atom. The van der Waals surface area contributed by atoms with E-state index in [1.54, 1.807) is 22.6 Å². The van der Waals surface area contributed by atoms with Crippen molar-refractivity contribution < 1.29 is 17.9 Å². The molecule has 3 nitrogen and oxygen atoms in total. The van der Waals surface area contributed by atoms with Crippen LogP contribution in [0, 0.1) is 15.0 Å². The number of aromatic nitrogens is 1. The van der Waals surface area contributed by atoms with E-state index < -0.39 is 12.1 Å². The molecule has 0 bridgehead atoms. The third-order valence-electron chi connectivity index (χ3n) is 1.73. The number of nitrogens with zero attached hydrogens (tertiary/aromatic N) is 2. The Kier molecular flexibility index (Phi) is 4.82. The molecule has 0 amide bonds. The van der Waals surface area contributed by atoms with Crippen LogP contribution in [0.2, 0.25) is 0 Å². The number of halogens is 5. The molecule has 0 aromatic carbocycles. The third-order valence-corrected chi connectivity index (χ3v) is 2.79. The van der Waals surface area contributed by atoms with Crippen LogP contribution in [0.4, 0.5) is 13.2 Å². The van der Waals surface area contributed by atoms with Gasteiger partial charge in [-0.1, -0.05) is 0 Å². The van der Waals surface area contributed by atoms with Gasteiger partial charge in [-0.15, -0.1) is 24.8 Å². The van der Waals surface area contributed by atoms with E-state index in [1.165, 1.54) is 0 Å². The minimum atomic E-state index is -4.78. The number of rotatable bonds is 3. The van der Waals surface area contributed by atoms with E-state index in [0.29, 0.717) is 11.3 Å². The van der Waals surface area contributed by atoms with E-state index in [4.69, 9.17) is 16.9 Å². The average molecular weight is 377 g/mol. The van der Waals surface area contributed by atoms with Crippen LogP contribution in [0.1, 0.15) is 11.3 Å². The fraction of sp³-hybridized carbons (Fsp3) is 0.333. The van der Waals surface area contributed by atoms with E-state index in [2.05, 4.69) is 9.72 Å². The van der Waals surface area contributed by atoms with Crippen molar-refractivity contribution in [2.24, 2.45) is 0 Å². The summed E-state index contributed by atoms with van der Waals surface area (Å²) in [6.07, 6.45) is -4.79. The van der Waals surface area contributed by atoms with Gasteiger partial charge >= 0.3 is 6.36 Å². The lowest BCUT2D eigenvalue weighted by Crippen LogP contribution is -2.18. The first kappa shape index (κ1) is 14.3. The van der Waals surface area contributed by atoms with Gasteiger partial charge in [-0.25, -0.2) is 4.98 Å². The lowest BCUT2D eigenvalue weighted by atomic mass is 10.2. The second kappa shape index (κ2) is 5.73. The molecule has 1 rings (SSSR count). The molecule has 0 spiro atoms. The van der Waals surface area contributed by atoms with Gasteiger partial charge in [0.15, 0.2) is 5.75 Å². The third kappa shape index (κ3) is 4.20. The van der Waals surface area contributed by atoms with E-state index in [9.17, 15) is 13.2 Å². The first-order chi connectivity index (χ1) is 7.87. The van der Waals surface area contributed by atoms with Crippen molar-refractivity contribution >= 4 is 34.2 Å². The minimum Gasteiger partial charge on any atom is -0.403 e. The molecule has 17 heavy (non-hydrogen) atoms. The molecule has 92 valence electrons. The van der Waals surface area contributed by atoms with Crippen molar-refractivity contribution in [1.82, 2.24) is 4.98 Å². The van der Waals surface area contributed by atoms with Gasteiger partial charge in [-0.2, -0.15) is 5.26 Å². The Bertz CT molecular complexity index is 459. The molecular formula is C9H5ClF3IN2O. The largest absolute Gasteiger partial charge is 0.573 e. The van der Waals surface area contributed by atoms with Crippen LogP contribution in [0.15, 0.2) is 6.07 Å². The predicted octanol–water partition coefficient (Wildman–Crippen LogP) is 3.39. The van der Waals surface area contributed by atoms with Crippen LogP contribution < -0.4 is 4.74 Å². The number of pyridine rings is 1. The molecule has 1 aromatic rings. The maximum absolute atomic E-state index is 12.1. The second-order valence-corrected chi connectivity index (χ2v) is 4.19. The van der Waals surface area contributed by atoms with Crippen LogP contribution in [-0.2, 0) is 12.3 Å². The topological polar surface area (TPSA) is 45.9 Å². The normalized spacial score (nSPS) is 11.1. The smallest absolute Gasteiger partial charge is 0.403 e. The molecule has 1 aromatic heterocycles. The first-order valence-corrected chi connectivity index (χ1v) is 5.85. The molecule has 0 aliphatic rings. The van der Waals surface area contributed by atoms with Crippen molar-refractivity contribution in [3.05, 3.63) is 21.0 Å². The standard InChI is InChI=1S/C9H5ClF3IN2O/c10-4-5-3-7(17-9(11,12)13)8(14)16-6(5)1-2-15/h3H,1,4H2. The number of hydrogen-bond donors (Lipinski definition) is 0. The molecule has 0 N–H and O–H groups in total. The van der Waals surface area contributed by atoms with Crippen LogP contribution in [0.3, 0.4) is 0 Å². The molecule has 0 unspecified atom stereocenters. The van der Waals surface area contributed by atoms with Crippen LogP contribution in [0.25, 0.3) is 0 Å². The van der Waals surface area contributed by atoms with E-state index >= 15 is 0 Å². The molecule has 8 heteroatoms. The Labute approximate surface area is 114 Å². The van der Waals surface area contributed by atoms with E-state index in [1.807, 2.05) is 6.07 Å². The number of alkyl halides is 4. The zero-order chi connectivity index (χ0) is 13.1. The fourth-order valence-corrected chi connectivity index (χ4v) is 1.87. The van der Waals surface area contributed by atoms with Gasteiger partial charge < -0.3 is 4.74 Å². The Balaban J connectivity index is 3.14. The predicted molar refractivity (Wildman–Crippen MR) is 62.5 cm³/mol. The Morgan fingerprint density at radius 3 is 2.65 bits per heavy atom. The first-order valence-electron chi connectivity index (χ1n) is 4.24. The zero-order valence-electron chi connectivity index (χ0n) is 8.18. The van der Waals surface area contributed by atoms with Gasteiger partial charge in [0.2, 0.25) is 0 Å². The van der Waals surface area contributed by atoms with Crippen LogP contribution in [-0.4, -0.2) is 11.3 Å². The van der Waals surface area contributed by atoms with E-state index in [0.717, 1.165) is 6.07 Å². The molecule has 0 aliphatic heterocycles. The molecular weight excluding hydrogens is 371 g/mol. The molecule has 0 saturated heterocycles. The summed E-state index contributed by atoms with van der Waals surface area (Å²) in [6.45, 7) is 0. The average Bonchev–Trinajstić information content (AvgIpc) is 2.20. The maximum Gasteiger partial charge on any atom is 0.573 e. The lowest BCUT2D eigenvalue weighted by Gasteiger charge is -2.12. The quantitative estimate of drug-likeness (QED) is 0.461. The van der Waals surface area contributed by atoms with Crippen molar-refractivity contribution in [1.29, 1.82) is 5.26 Å². The maximum atomic E-state index is 12.1. The highest BCUT2D eigenvalue weighted by Crippen LogP contribution is 2.29. The lowest BCUT2D eigenvalue weighted by molar-refractivity contribution is -0.275. The summed E-state index contributed by atoms with van der Waals surface area (Å²) in [4.78, 5) is 3.87. The zero-order valence-corrected chi connectivity index (χ0v) is 11.1. The summed E-state index contributed by atoms with van der Waals surface area (Å²) in [5, 5.41) is 8.54. The summed E-state index contributed by atoms with van der Waals surface area (Å²) >= 11 is 7.18. The van der Waals surface area contributed by atoms with Gasteiger partial charge in [-0.05, 0) is 34.2 Å². The van der Waals surface area contributed by atoms with Crippen LogP contribution in [0.5, 0.6) is 5.75 Å². The highest BCUT2D eigenvalue weighted by atomic mass is 127. The monoisotopic (exact) mass is 376 g/mol. The molecule has 0 atom stereocenters. The van der Waals surface area contributed by atoms with Gasteiger partial charge in [0.25, 0.3) is 0 Å². The highest BCUT2D eigenvalue weighted by molar-refractivity contribution is 14.1. The van der Waals surface area contributed by atoms with Gasteiger partial charge in [0.1, 0.15) is 3.70 Å². The summed E-state index contributed by atoms with van der Waals surface area (Å²) in [7, 11) is 0. The SMILES string of the molecule is N#CCc1nc(I)c(OC(F)(F)F)cc1CCl. The van der Waals surface area contributed by atoms with Crippen molar-refractivity contribution in [3.63, 3.8) is 0 Å². The van der Waals surface area contributed by atoms with Gasteiger partial charge in [-0.3, -0.25) is 0 Å². The molecule has 1 heterocycles. The molecule has 0 saturated carbocycles. The minimum absolute atomic E-state index is 0.00957. The Hall–Kier alpha value is -0.750. The summed E-state index contributed by atoms with van der Waals surface area (Å²) in [5.74, 6) is -0.440. The summed E-state index contributed by atoms with van der Waals surface area (Å²) in [6, 6.07) is 3.02. The fourth-order valence-electron chi connectivity index (χ4n) is 1.09. The highest BCUT2D eigenvalue weighted by Gasteiger charge is 2.32.